The number of benzene rings is 3. The van der Waals surface area contributed by atoms with Gasteiger partial charge in [0, 0.05) is 35.1 Å². The molecule has 5 nitrogen and oxygen atoms in total. The molecule has 0 fully saturated rings. The minimum atomic E-state index is -0.115. The maximum absolute atomic E-state index is 12.7. The van der Waals surface area contributed by atoms with Crippen LogP contribution in [0.2, 0.25) is 0 Å². The lowest BCUT2D eigenvalue weighted by Gasteiger charge is -2.19. The topological polar surface area (TPSA) is 63.4 Å². The summed E-state index contributed by atoms with van der Waals surface area (Å²) in [5, 5.41) is 4.24. The van der Waals surface area contributed by atoms with Crippen LogP contribution in [-0.4, -0.2) is 31.7 Å². The van der Waals surface area contributed by atoms with Gasteiger partial charge in [0.15, 0.2) is 0 Å². The first-order valence-electron chi connectivity index (χ1n) is 9.82. The van der Waals surface area contributed by atoms with Crippen molar-refractivity contribution in [3.8, 4) is 11.5 Å². The van der Waals surface area contributed by atoms with E-state index in [4.69, 9.17) is 9.47 Å². The molecule has 1 heterocycles. The lowest BCUT2D eigenvalue weighted by Crippen LogP contribution is -2.28. The van der Waals surface area contributed by atoms with Gasteiger partial charge in [-0.3, -0.25) is 4.79 Å². The quantitative estimate of drug-likeness (QED) is 0.471. The maximum atomic E-state index is 12.7. The van der Waals surface area contributed by atoms with Crippen LogP contribution in [0.3, 0.4) is 0 Å². The number of hydrogen-bond donors (Lipinski definition) is 2. The van der Waals surface area contributed by atoms with Crippen molar-refractivity contribution in [1.29, 1.82) is 0 Å². The van der Waals surface area contributed by atoms with Crippen molar-refractivity contribution in [3.05, 3.63) is 95.7 Å². The van der Waals surface area contributed by atoms with Crippen molar-refractivity contribution in [3.63, 3.8) is 0 Å². The molecular weight excluding hydrogens is 376 g/mol. The Kier molecular flexibility index (Phi) is 5.70. The van der Waals surface area contributed by atoms with Gasteiger partial charge in [0.05, 0.1) is 14.2 Å². The first kappa shape index (κ1) is 19.6. The maximum Gasteiger partial charge on any atom is 0.251 e. The van der Waals surface area contributed by atoms with Crippen molar-refractivity contribution in [2.24, 2.45) is 0 Å². The minimum Gasteiger partial charge on any atom is -0.497 e. The van der Waals surface area contributed by atoms with Gasteiger partial charge < -0.3 is 19.8 Å². The Hall–Kier alpha value is -3.73. The van der Waals surface area contributed by atoms with Crippen molar-refractivity contribution >= 4 is 16.8 Å². The number of nitrogens with one attached hydrogen (secondary N) is 2. The number of fused-ring (bicyclic) bond motifs is 1. The number of aromatic amines is 1. The molecule has 0 bridgehead atoms. The van der Waals surface area contributed by atoms with Crippen molar-refractivity contribution in [1.82, 2.24) is 10.3 Å². The molecule has 0 unspecified atom stereocenters. The van der Waals surface area contributed by atoms with E-state index in [2.05, 4.69) is 22.4 Å². The fourth-order valence-corrected chi connectivity index (χ4v) is 3.67. The zero-order valence-corrected chi connectivity index (χ0v) is 17.0. The second-order valence-electron chi connectivity index (χ2n) is 7.05. The van der Waals surface area contributed by atoms with Gasteiger partial charge >= 0.3 is 0 Å². The first-order chi connectivity index (χ1) is 14.7. The summed E-state index contributed by atoms with van der Waals surface area (Å²) in [6.07, 6.45) is 2.03. The highest BCUT2D eigenvalue weighted by molar-refractivity contribution is 5.94. The number of aromatic nitrogens is 1. The zero-order valence-electron chi connectivity index (χ0n) is 17.0. The SMILES string of the molecule is COc1ccc(C(=O)NC[C@H](c2ccc(OC)cc2)c2c[nH]c3ccccc23)cc1. The van der Waals surface area contributed by atoms with E-state index in [-0.39, 0.29) is 11.8 Å². The lowest BCUT2D eigenvalue weighted by molar-refractivity contribution is 0.0952. The third-order valence-corrected chi connectivity index (χ3v) is 5.33. The van der Waals surface area contributed by atoms with E-state index < -0.39 is 0 Å². The molecule has 1 amide bonds. The molecule has 0 saturated carbocycles. The Labute approximate surface area is 175 Å². The summed E-state index contributed by atoms with van der Waals surface area (Å²) in [7, 11) is 3.26. The van der Waals surface area contributed by atoms with E-state index in [0.29, 0.717) is 12.1 Å². The number of ether oxygens (including phenoxy) is 2. The van der Waals surface area contributed by atoms with E-state index in [1.807, 2.05) is 42.6 Å². The lowest BCUT2D eigenvalue weighted by atomic mass is 9.90. The number of methoxy groups -OCH3 is 2. The summed E-state index contributed by atoms with van der Waals surface area (Å²) in [6.45, 7) is 0.471. The summed E-state index contributed by atoms with van der Waals surface area (Å²) in [5.74, 6) is 1.41. The van der Waals surface area contributed by atoms with Crippen LogP contribution in [0.4, 0.5) is 0 Å². The monoisotopic (exact) mass is 400 g/mol. The number of rotatable bonds is 7. The first-order valence-corrected chi connectivity index (χ1v) is 9.82. The molecule has 0 aliphatic carbocycles. The van der Waals surface area contributed by atoms with E-state index in [0.717, 1.165) is 33.5 Å². The number of para-hydroxylation sites is 1. The third kappa shape index (κ3) is 4.01. The zero-order chi connectivity index (χ0) is 20.9. The molecule has 0 saturated heterocycles. The number of amides is 1. The summed E-state index contributed by atoms with van der Waals surface area (Å²) in [5.41, 5.74) is 3.93. The molecule has 152 valence electrons. The largest absolute Gasteiger partial charge is 0.497 e. The molecule has 3 aromatic carbocycles. The van der Waals surface area contributed by atoms with Crippen molar-refractivity contribution in [2.75, 3.05) is 20.8 Å². The van der Waals surface area contributed by atoms with Crippen LogP contribution in [0, 0.1) is 0 Å². The van der Waals surface area contributed by atoms with Crippen LogP contribution < -0.4 is 14.8 Å². The predicted octanol–water partition coefficient (Wildman–Crippen LogP) is 4.75. The number of H-pyrrole nitrogens is 1. The van der Waals surface area contributed by atoms with Gasteiger partial charge in [-0.25, -0.2) is 0 Å². The molecule has 0 aliphatic heterocycles. The molecule has 4 aromatic rings. The van der Waals surface area contributed by atoms with E-state index in [1.54, 1.807) is 38.5 Å². The van der Waals surface area contributed by atoms with Gasteiger partial charge in [-0.1, -0.05) is 30.3 Å². The Morgan fingerprint density at radius 1 is 0.900 bits per heavy atom. The smallest absolute Gasteiger partial charge is 0.251 e. The molecular formula is C25H24N2O3. The normalized spacial score (nSPS) is 11.8. The predicted molar refractivity (Wildman–Crippen MR) is 118 cm³/mol. The second-order valence-corrected chi connectivity index (χ2v) is 7.05. The van der Waals surface area contributed by atoms with E-state index >= 15 is 0 Å². The van der Waals surface area contributed by atoms with Crippen molar-refractivity contribution < 1.29 is 14.3 Å². The summed E-state index contributed by atoms with van der Waals surface area (Å²) in [6, 6.07) is 23.3. The average molecular weight is 400 g/mol. The molecule has 1 aromatic heterocycles. The Morgan fingerprint density at radius 3 is 2.20 bits per heavy atom. The van der Waals surface area contributed by atoms with Gasteiger partial charge in [-0.05, 0) is 53.6 Å². The van der Waals surface area contributed by atoms with Crippen LogP contribution in [-0.2, 0) is 0 Å². The number of carbonyl (C=O) groups is 1. The van der Waals surface area contributed by atoms with Crippen LogP contribution in [0.15, 0.2) is 79.0 Å². The van der Waals surface area contributed by atoms with Crippen LogP contribution in [0.25, 0.3) is 10.9 Å². The highest BCUT2D eigenvalue weighted by Crippen LogP contribution is 2.31. The van der Waals surface area contributed by atoms with Crippen molar-refractivity contribution in [2.45, 2.75) is 5.92 Å². The molecule has 0 radical (unpaired) electrons. The fraction of sp³-hybridized carbons (Fsp3) is 0.160. The van der Waals surface area contributed by atoms with Gasteiger partial charge in [-0.2, -0.15) is 0 Å². The summed E-state index contributed by atoms with van der Waals surface area (Å²) >= 11 is 0. The van der Waals surface area contributed by atoms with Gasteiger partial charge in [0.2, 0.25) is 0 Å². The third-order valence-electron chi connectivity index (χ3n) is 5.33. The molecule has 2 N–H and O–H groups in total. The van der Waals surface area contributed by atoms with E-state index in [9.17, 15) is 4.79 Å². The highest BCUT2D eigenvalue weighted by atomic mass is 16.5. The van der Waals surface area contributed by atoms with E-state index in [1.165, 1.54) is 0 Å². The van der Waals surface area contributed by atoms with Crippen LogP contribution in [0.1, 0.15) is 27.4 Å². The highest BCUT2D eigenvalue weighted by Gasteiger charge is 2.19. The number of hydrogen-bond acceptors (Lipinski definition) is 3. The van der Waals surface area contributed by atoms with Crippen LogP contribution >= 0.6 is 0 Å². The molecule has 0 spiro atoms. The van der Waals surface area contributed by atoms with Gasteiger partial charge in [0.25, 0.3) is 5.91 Å². The summed E-state index contributed by atoms with van der Waals surface area (Å²) in [4.78, 5) is 16.1. The summed E-state index contributed by atoms with van der Waals surface area (Å²) < 4.78 is 10.5. The van der Waals surface area contributed by atoms with Crippen LogP contribution in [0.5, 0.6) is 11.5 Å². The standard InChI is InChI=1S/C25H24N2O3/c1-29-19-11-7-17(8-12-19)22(23-16-26-24-6-4-3-5-21(23)24)15-27-25(28)18-9-13-20(30-2)14-10-18/h3-14,16,22,26H,15H2,1-2H3,(H,27,28)/t22-/m1/s1. The molecule has 5 heteroatoms. The average Bonchev–Trinajstić information content (AvgIpc) is 3.23. The fourth-order valence-electron chi connectivity index (χ4n) is 3.67. The molecule has 0 aliphatic rings. The Morgan fingerprint density at radius 2 is 1.53 bits per heavy atom. The molecule has 30 heavy (non-hydrogen) atoms. The molecule has 4 rings (SSSR count). The Balaban J connectivity index is 1.62. The van der Waals surface area contributed by atoms with Gasteiger partial charge in [0.1, 0.15) is 11.5 Å². The Bertz CT molecular complexity index is 1130. The number of carbonyl (C=O) groups excluding carboxylic acids is 1. The minimum absolute atomic E-state index is 0.00532. The van der Waals surface area contributed by atoms with Gasteiger partial charge in [-0.15, -0.1) is 0 Å². The molecule has 1 atom stereocenters. The second kappa shape index (κ2) is 8.74.